The summed E-state index contributed by atoms with van der Waals surface area (Å²) >= 11 is 0. The van der Waals surface area contributed by atoms with Crippen LogP contribution in [0.2, 0.25) is 0 Å². The molecule has 0 radical (unpaired) electrons. The quantitative estimate of drug-likeness (QED) is 0.362. The van der Waals surface area contributed by atoms with Crippen molar-refractivity contribution in [2.24, 2.45) is 0 Å². The lowest BCUT2D eigenvalue weighted by Crippen LogP contribution is -2.47. The molecule has 0 unspecified atom stereocenters. The molecule has 1 aliphatic heterocycles. The van der Waals surface area contributed by atoms with Gasteiger partial charge in [-0.15, -0.1) is 0 Å². The first kappa shape index (κ1) is 22.8. The van der Waals surface area contributed by atoms with Crippen molar-refractivity contribution in [3.8, 4) is 16.9 Å². The number of ether oxygens (including phenoxy) is 4. The number of carbonyl (C=O) groups excluding carboxylic acids is 3. The maximum Gasteiger partial charge on any atom is 0.508 e. The van der Waals surface area contributed by atoms with Crippen molar-refractivity contribution in [1.29, 1.82) is 0 Å². The van der Waals surface area contributed by atoms with Gasteiger partial charge in [-0.3, -0.25) is 0 Å². The van der Waals surface area contributed by atoms with Crippen molar-refractivity contribution in [3.05, 3.63) is 78.4 Å². The van der Waals surface area contributed by atoms with Crippen molar-refractivity contribution in [3.63, 3.8) is 0 Å². The molecule has 3 rings (SSSR count). The van der Waals surface area contributed by atoms with Gasteiger partial charge in [0.1, 0.15) is 25.6 Å². The topological polar surface area (TPSA) is 88.1 Å². The molecule has 0 N–H and O–H groups in total. The van der Waals surface area contributed by atoms with E-state index in [1.807, 2.05) is 36.4 Å². The molecule has 0 aromatic heterocycles. The highest BCUT2D eigenvalue weighted by Gasteiger charge is 2.41. The van der Waals surface area contributed by atoms with Crippen molar-refractivity contribution < 1.29 is 33.3 Å². The number of cyclic esters (lactones) is 2. The maximum absolute atomic E-state index is 11.9. The van der Waals surface area contributed by atoms with Crippen molar-refractivity contribution in [1.82, 2.24) is 0 Å². The van der Waals surface area contributed by atoms with E-state index in [4.69, 9.17) is 18.9 Å². The average molecular weight is 436 g/mol. The van der Waals surface area contributed by atoms with Gasteiger partial charge in [0.2, 0.25) is 0 Å². The minimum absolute atomic E-state index is 0.0197. The third-order valence-corrected chi connectivity index (χ3v) is 5.00. The predicted octanol–water partition coefficient (Wildman–Crippen LogP) is 4.36. The van der Waals surface area contributed by atoms with E-state index in [0.29, 0.717) is 11.3 Å². The van der Waals surface area contributed by atoms with Crippen LogP contribution in [0, 0.1) is 0 Å². The van der Waals surface area contributed by atoms with E-state index in [9.17, 15) is 14.4 Å². The highest BCUT2D eigenvalue weighted by molar-refractivity contribution is 5.89. The van der Waals surface area contributed by atoms with E-state index in [1.54, 1.807) is 26.0 Å². The minimum atomic E-state index is -0.821. The van der Waals surface area contributed by atoms with Gasteiger partial charge in [-0.2, -0.15) is 0 Å². The van der Waals surface area contributed by atoms with E-state index in [1.165, 1.54) is 0 Å². The Morgan fingerprint density at radius 3 is 1.88 bits per heavy atom. The Kier molecular flexibility index (Phi) is 6.78. The summed E-state index contributed by atoms with van der Waals surface area (Å²) < 4.78 is 20.8. The summed E-state index contributed by atoms with van der Waals surface area (Å²) in [5, 5.41) is 0. The molecular weight excluding hydrogens is 412 g/mol. The molecule has 1 heterocycles. The first-order chi connectivity index (χ1) is 15.2. The number of rotatable bonds is 7. The molecule has 1 saturated heterocycles. The molecule has 1 aliphatic rings. The Hall–Kier alpha value is -3.87. The third kappa shape index (κ3) is 5.24. The molecule has 0 saturated carbocycles. The highest BCUT2D eigenvalue weighted by Crippen LogP contribution is 2.32. The van der Waals surface area contributed by atoms with Crippen LogP contribution in [0.5, 0.6) is 5.75 Å². The van der Waals surface area contributed by atoms with E-state index in [0.717, 1.165) is 16.7 Å². The summed E-state index contributed by atoms with van der Waals surface area (Å²) in [4.78, 5) is 34.9. The minimum Gasteiger partial charge on any atom is -0.461 e. The fourth-order valence-electron chi connectivity index (χ4n) is 3.06. The van der Waals surface area contributed by atoms with E-state index < -0.39 is 23.5 Å². The molecule has 0 spiro atoms. The molecule has 0 aliphatic carbocycles. The van der Waals surface area contributed by atoms with Crippen molar-refractivity contribution in [2.45, 2.75) is 19.3 Å². The van der Waals surface area contributed by atoms with E-state index in [-0.39, 0.29) is 25.4 Å². The Labute approximate surface area is 186 Å². The molecule has 7 nitrogen and oxygen atoms in total. The van der Waals surface area contributed by atoms with Crippen LogP contribution in [-0.2, 0) is 29.2 Å². The van der Waals surface area contributed by atoms with Gasteiger partial charge in [0.05, 0.1) is 5.41 Å². The maximum atomic E-state index is 11.9. The first-order valence-electron chi connectivity index (χ1n) is 9.91. The van der Waals surface area contributed by atoms with Crippen LogP contribution in [0.4, 0.5) is 4.79 Å². The fraction of sp³-hybridized carbons (Fsp3) is 0.240. The lowest BCUT2D eigenvalue weighted by atomic mass is 9.81. The second-order valence-corrected chi connectivity index (χ2v) is 7.74. The Balaban J connectivity index is 1.79. The number of carbonyl (C=O) groups is 3. The van der Waals surface area contributed by atoms with Crippen LogP contribution >= 0.6 is 0 Å². The zero-order valence-corrected chi connectivity index (χ0v) is 18.0. The average Bonchev–Trinajstić information content (AvgIpc) is 2.79. The molecular formula is C25H24O7. The van der Waals surface area contributed by atoms with Gasteiger partial charge in [0.25, 0.3) is 0 Å². The zero-order chi connectivity index (χ0) is 23.3. The standard InChI is InChI=1S/C25H24O7/c1-16(2)22(26)29-13-25(14-30-24(28)31-15-25)20-9-5-18(6-10-20)19-7-11-21(12-8-19)32-23(27)17(3)4/h5-12H,1,3,13-15H2,2,4H3. The van der Waals surface area contributed by atoms with Crippen LogP contribution < -0.4 is 4.74 Å². The van der Waals surface area contributed by atoms with Gasteiger partial charge in [-0.05, 0) is 42.7 Å². The summed E-state index contributed by atoms with van der Waals surface area (Å²) in [6, 6.07) is 14.7. The van der Waals surface area contributed by atoms with Crippen molar-refractivity contribution >= 4 is 18.1 Å². The molecule has 2 aromatic rings. The van der Waals surface area contributed by atoms with Crippen LogP contribution in [0.3, 0.4) is 0 Å². The van der Waals surface area contributed by atoms with Gasteiger partial charge in [0.15, 0.2) is 0 Å². The predicted molar refractivity (Wildman–Crippen MR) is 117 cm³/mol. The molecule has 0 atom stereocenters. The Morgan fingerprint density at radius 2 is 1.38 bits per heavy atom. The smallest absolute Gasteiger partial charge is 0.461 e. The van der Waals surface area contributed by atoms with Gasteiger partial charge in [-0.1, -0.05) is 49.6 Å². The summed E-state index contributed by atoms with van der Waals surface area (Å²) in [5.74, 6) is -0.571. The Morgan fingerprint density at radius 1 is 0.875 bits per heavy atom. The number of benzene rings is 2. The Bertz CT molecular complexity index is 1040. The summed E-state index contributed by atoms with van der Waals surface area (Å²) in [7, 11) is 0. The third-order valence-electron chi connectivity index (χ3n) is 5.00. The van der Waals surface area contributed by atoms with Crippen LogP contribution in [0.1, 0.15) is 19.4 Å². The largest absolute Gasteiger partial charge is 0.508 e. The summed E-state index contributed by atoms with van der Waals surface area (Å²) in [5.41, 5.74) is 2.43. The van der Waals surface area contributed by atoms with Gasteiger partial charge in [-0.25, -0.2) is 14.4 Å². The van der Waals surface area contributed by atoms with E-state index in [2.05, 4.69) is 13.2 Å². The van der Waals surface area contributed by atoms with Crippen LogP contribution in [0.15, 0.2) is 72.8 Å². The zero-order valence-electron chi connectivity index (χ0n) is 18.0. The lowest BCUT2D eigenvalue weighted by Gasteiger charge is -2.35. The van der Waals surface area contributed by atoms with Gasteiger partial charge >= 0.3 is 18.1 Å². The molecule has 7 heteroatoms. The second-order valence-electron chi connectivity index (χ2n) is 7.74. The molecule has 32 heavy (non-hydrogen) atoms. The number of hydrogen-bond donors (Lipinski definition) is 0. The molecule has 1 fully saturated rings. The first-order valence-corrected chi connectivity index (χ1v) is 9.91. The monoisotopic (exact) mass is 436 g/mol. The fourth-order valence-corrected chi connectivity index (χ4v) is 3.06. The van der Waals surface area contributed by atoms with E-state index >= 15 is 0 Å². The van der Waals surface area contributed by atoms with Crippen molar-refractivity contribution in [2.75, 3.05) is 19.8 Å². The SMILES string of the molecule is C=C(C)C(=O)OCC1(c2ccc(-c3ccc(OC(=O)C(=C)C)cc3)cc2)COC(=O)OC1. The second kappa shape index (κ2) is 9.51. The lowest BCUT2D eigenvalue weighted by molar-refractivity contribution is -0.143. The van der Waals surface area contributed by atoms with Crippen LogP contribution in [-0.4, -0.2) is 37.9 Å². The molecule has 2 aromatic carbocycles. The summed E-state index contributed by atoms with van der Waals surface area (Å²) in [6.07, 6.45) is -0.754. The molecule has 0 amide bonds. The summed E-state index contributed by atoms with van der Waals surface area (Å²) in [6.45, 7) is 10.3. The number of esters is 2. The normalized spacial score (nSPS) is 14.5. The van der Waals surface area contributed by atoms with Crippen LogP contribution in [0.25, 0.3) is 11.1 Å². The van der Waals surface area contributed by atoms with Gasteiger partial charge in [0, 0.05) is 11.1 Å². The molecule has 166 valence electrons. The highest BCUT2D eigenvalue weighted by atomic mass is 16.7. The van der Waals surface area contributed by atoms with Gasteiger partial charge < -0.3 is 18.9 Å². The molecule has 0 bridgehead atoms. The number of hydrogen-bond acceptors (Lipinski definition) is 7.